The molecule has 3 rings (SSSR count). The Morgan fingerprint density at radius 3 is 2.23 bits per heavy atom. The number of benzene rings is 3. The van der Waals surface area contributed by atoms with Crippen molar-refractivity contribution in [2.24, 2.45) is 0 Å². The first kappa shape index (κ1) is 20.7. The molecule has 0 bridgehead atoms. The van der Waals surface area contributed by atoms with Crippen LogP contribution in [0.4, 0.5) is 22.7 Å². The van der Waals surface area contributed by atoms with E-state index in [1.165, 1.54) is 19.2 Å². The molecule has 0 radical (unpaired) electrons. The monoisotopic (exact) mass is 405 g/mol. The number of hydrogen-bond donors (Lipinski definition) is 2. The van der Waals surface area contributed by atoms with Gasteiger partial charge in [0.25, 0.3) is 5.69 Å². The largest absolute Gasteiger partial charge is 0.375 e. The highest BCUT2D eigenvalue weighted by molar-refractivity contribution is 6.09. The van der Waals surface area contributed by atoms with Crippen molar-refractivity contribution >= 4 is 34.4 Å². The number of ketones is 1. The van der Waals surface area contributed by atoms with Crippen molar-refractivity contribution in [3.05, 3.63) is 94.0 Å². The number of rotatable bonds is 8. The van der Waals surface area contributed by atoms with E-state index < -0.39 is 4.92 Å². The number of nitro benzene ring substituents is 1. The van der Waals surface area contributed by atoms with Crippen molar-refractivity contribution < 1.29 is 19.2 Å². The zero-order chi connectivity index (χ0) is 21.5. The van der Waals surface area contributed by atoms with Gasteiger partial charge < -0.3 is 15.4 Å². The van der Waals surface area contributed by atoms with Crippen LogP contribution in [0.1, 0.15) is 15.9 Å². The molecule has 1 amide bonds. The van der Waals surface area contributed by atoms with E-state index in [0.29, 0.717) is 16.9 Å². The van der Waals surface area contributed by atoms with Crippen molar-refractivity contribution in [1.82, 2.24) is 0 Å². The number of carbonyl (C=O) groups is 2. The van der Waals surface area contributed by atoms with Crippen LogP contribution in [0.2, 0.25) is 0 Å². The summed E-state index contributed by atoms with van der Waals surface area (Å²) in [5, 5.41) is 17.2. The Morgan fingerprint density at radius 2 is 1.60 bits per heavy atom. The molecule has 3 aromatic rings. The molecule has 0 fully saturated rings. The van der Waals surface area contributed by atoms with Crippen LogP contribution in [0.3, 0.4) is 0 Å². The van der Waals surface area contributed by atoms with Gasteiger partial charge in [0, 0.05) is 35.7 Å². The van der Waals surface area contributed by atoms with Gasteiger partial charge >= 0.3 is 0 Å². The van der Waals surface area contributed by atoms with Crippen LogP contribution in [0.5, 0.6) is 0 Å². The summed E-state index contributed by atoms with van der Waals surface area (Å²) < 4.78 is 4.76. The van der Waals surface area contributed by atoms with Gasteiger partial charge in [-0.05, 0) is 36.4 Å². The van der Waals surface area contributed by atoms with Gasteiger partial charge in [-0.2, -0.15) is 0 Å². The molecule has 0 atom stereocenters. The number of methoxy groups -OCH3 is 1. The molecule has 0 heterocycles. The molecule has 0 saturated carbocycles. The zero-order valence-electron chi connectivity index (χ0n) is 16.1. The number of nitro groups is 1. The number of nitrogens with zero attached hydrogens (tertiary/aromatic N) is 1. The van der Waals surface area contributed by atoms with Crippen molar-refractivity contribution in [1.29, 1.82) is 0 Å². The molecule has 0 spiro atoms. The number of anilines is 3. The Hall–Kier alpha value is -4.04. The van der Waals surface area contributed by atoms with Gasteiger partial charge in [0.15, 0.2) is 5.78 Å². The standard InChI is InChI=1S/C22H19N3O5/c1-30-14-21(26)24-18-10-8-17(9-11-18)23-19-12-7-16(13-20(19)25(28)29)22(27)15-5-3-2-4-6-15/h2-13,23H,14H2,1H3,(H,24,26). The number of amides is 1. The predicted molar refractivity (Wildman–Crippen MR) is 113 cm³/mol. The Labute approximate surface area is 172 Å². The summed E-state index contributed by atoms with van der Waals surface area (Å²) in [5.41, 5.74) is 1.88. The Morgan fingerprint density at radius 1 is 0.933 bits per heavy atom. The molecule has 0 aliphatic heterocycles. The fourth-order valence-corrected chi connectivity index (χ4v) is 2.81. The van der Waals surface area contributed by atoms with E-state index >= 15 is 0 Å². The van der Waals surface area contributed by atoms with Crippen molar-refractivity contribution in [2.45, 2.75) is 0 Å². The summed E-state index contributed by atoms with van der Waals surface area (Å²) in [4.78, 5) is 35.1. The van der Waals surface area contributed by atoms with Crippen LogP contribution in [-0.4, -0.2) is 30.3 Å². The molecule has 3 aromatic carbocycles. The predicted octanol–water partition coefficient (Wildman–Crippen LogP) is 4.15. The molecule has 8 heteroatoms. The number of nitrogens with one attached hydrogen (secondary N) is 2. The highest BCUT2D eigenvalue weighted by Crippen LogP contribution is 2.30. The lowest BCUT2D eigenvalue weighted by Gasteiger charge is -2.10. The van der Waals surface area contributed by atoms with E-state index in [4.69, 9.17) is 4.74 Å². The maximum atomic E-state index is 12.6. The summed E-state index contributed by atoms with van der Waals surface area (Å²) in [6, 6.07) is 19.6. The summed E-state index contributed by atoms with van der Waals surface area (Å²) in [6.07, 6.45) is 0. The molecule has 8 nitrogen and oxygen atoms in total. The van der Waals surface area contributed by atoms with E-state index in [9.17, 15) is 19.7 Å². The minimum absolute atomic E-state index is 0.0553. The second-order valence-corrected chi connectivity index (χ2v) is 6.37. The summed E-state index contributed by atoms with van der Waals surface area (Å²) in [6.45, 7) is -0.0553. The van der Waals surface area contributed by atoms with E-state index in [1.807, 2.05) is 0 Å². The first-order chi connectivity index (χ1) is 14.5. The maximum Gasteiger partial charge on any atom is 0.293 e. The normalized spacial score (nSPS) is 10.3. The average Bonchev–Trinajstić information content (AvgIpc) is 2.75. The fraction of sp³-hybridized carbons (Fsp3) is 0.0909. The molecular formula is C22H19N3O5. The molecule has 0 aliphatic carbocycles. The van der Waals surface area contributed by atoms with Gasteiger partial charge in [0.1, 0.15) is 12.3 Å². The zero-order valence-corrected chi connectivity index (χ0v) is 16.1. The summed E-state index contributed by atoms with van der Waals surface area (Å²) in [5.74, 6) is -0.575. The van der Waals surface area contributed by atoms with Gasteiger partial charge in [-0.25, -0.2) is 0 Å². The molecule has 0 aromatic heterocycles. The van der Waals surface area contributed by atoms with Crippen LogP contribution >= 0.6 is 0 Å². The third-order valence-corrected chi connectivity index (χ3v) is 4.22. The van der Waals surface area contributed by atoms with E-state index in [-0.39, 0.29) is 35.2 Å². The second-order valence-electron chi connectivity index (χ2n) is 6.37. The van der Waals surface area contributed by atoms with Crippen LogP contribution in [0.25, 0.3) is 0 Å². The Balaban J connectivity index is 1.80. The quantitative estimate of drug-likeness (QED) is 0.331. The third kappa shape index (κ3) is 5.06. The number of ether oxygens (including phenoxy) is 1. The highest BCUT2D eigenvalue weighted by Gasteiger charge is 2.18. The lowest BCUT2D eigenvalue weighted by atomic mass is 10.0. The smallest absolute Gasteiger partial charge is 0.293 e. The molecule has 0 unspecified atom stereocenters. The van der Waals surface area contributed by atoms with E-state index in [0.717, 1.165) is 0 Å². The molecule has 2 N–H and O–H groups in total. The van der Waals surface area contributed by atoms with Gasteiger partial charge in [0.2, 0.25) is 5.91 Å². The number of carbonyl (C=O) groups excluding carboxylic acids is 2. The third-order valence-electron chi connectivity index (χ3n) is 4.22. The molecule has 30 heavy (non-hydrogen) atoms. The molecule has 0 aliphatic rings. The minimum Gasteiger partial charge on any atom is -0.375 e. The second kappa shape index (κ2) is 9.44. The van der Waals surface area contributed by atoms with Gasteiger partial charge in [-0.3, -0.25) is 19.7 Å². The van der Waals surface area contributed by atoms with Crippen LogP contribution in [0.15, 0.2) is 72.8 Å². The molecule has 0 saturated heterocycles. The first-order valence-electron chi connectivity index (χ1n) is 9.02. The topological polar surface area (TPSA) is 111 Å². The fourth-order valence-electron chi connectivity index (χ4n) is 2.81. The van der Waals surface area contributed by atoms with Crippen LogP contribution in [-0.2, 0) is 9.53 Å². The van der Waals surface area contributed by atoms with Crippen LogP contribution in [0, 0.1) is 10.1 Å². The van der Waals surface area contributed by atoms with Crippen molar-refractivity contribution in [3.63, 3.8) is 0 Å². The molecule has 152 valence electrons. The summed E-state index contributed by atoms with van der Waals surface area (Å²) in [7, 11) is 1.43. The Bertz CT molecular complexity index is 1070. The van der Waals surface area contributed by atoms with E-state index in [1.54, 1.807) is 60.7 Å². The van der Waals surface area contributed by atoms with Crippen molar-refractivity contribution in [2.75, 3.05) is 24.4 Å². The van der Waals surface area contributed by atoms with Gasteiger partial charge in [-0.15, -0.1) is 0 Å². The van der Waals surface area contributed by atoms with E-state index in [2.05, 4.69) is 10.6 Å². The van der Waals surface area contributed by atoms with Crippen LogP contribution < -0.4 is 10.6 Å². The van der Waals surface area contributed by atoms with Gasteiger partial charge in [-0.1, -0.05) is 30.3 Å². The highest BCUT2D eigenvalue weighted by atomic mass is 16.6. The lowest BCUT2D eigenvalue weighted by molar-refractivity contribution is -0.383. The Kier molecular flexibility index (Phi) is 6.51. The number of hydrogen-bond acceptors (Lipinski definition) is 6. The summed E-state index contributed by atoms with van der Waals surface area (Å²) >= 11 is 0. The minimum atomic E-state index is -0.538. The SMILES string of the molecule is COCC(=O)Nc1ccc(Nc2ccc(C(=O)c3ccccc3)cc2[N+](=O)[O-])cc1. The molecular weight excluding hydrogens is 386 g/mol. The maximum absolute atomic E-state index is 12.6. The van der Waals surface area contributed by atoms with Gasteiger partial charge in [0.05, 0.1) is 4.92 Å². The van der Waals surface area contributed by atoms with Crippen molar-refractivity contribution in [3.8, 4) is 0 Å². The average molecular weight is 405 g/mol. The first-order valence-corrected chi connectivity index (χ1v) is 9.02. The lowest BCUT2D eigenvalue weighted by Crippen LogP contribution is -2.16.